The van der Waals surface area contributed by atoms with Crippen molar-refractivity contribution in [1.29, 1.82) is 0 Å². The van der Waals surface area contributed by atoms with Crippen molar-refractivity contribution < 1.29 is 24.2 Å². The normalized spacial score (nSPS) is 15.1. The van der Waals surface area contributed by atoms with Crippen LogP contribution in [0, 0.1) is 0 Å². The Morgan fingerprint density at radius 3 is 2.67 bits per heavy atom. The summed E-state index contributed by atoms with van der Waals surface area (Å²) in [4.78, 5) is 38.1. The molecule has 1 fully saturated rings. The Hall–Kier alpha value is -2.20. The number of amides is 3. The van der Waals surface area contributed by atoms with E-state index >= 15 is 0 Å². The number of methoxy groups -OCH3 is 1. The molecular formula is C19H13BrCl2N2O5S. The maximum atomic E-state index is 12.6. The highest BCUT2D eigenvalue weighted by Crippen LogP contribution is 2.38. The Kier molecular flexibility index (Phi) is 6.97. The first-order chi connectivity index (χ1) is 14.2. The van der Waals surface area contributed by atoms with Gasteiger partial charge in [0.1, 0.15) is 6.54 Å². The molecule has 2 aromatic carbocycles. The van der Waals surface area contributed by atoms with Gasteiger partial charge in [-0.05, 0) is 69.7 Å². The number of hydrogen-bond donors (Lipinski definition) is 2. The number of ether oxygens (including phenoxy) is 1. The van der Waals surface area contributed by atoms with Crippen molar-refractivity contribution >= 4 is 79.7 Å². The third-order valence-corrected chi connectivity index (χ3v) is 6.38. The minimum absolute atomic E-state index is 0.0346. The molecule has 156 valence electrons. The number of imide groups is 1. The van der Waals surface area contributed by atoms with Gasteiger partial charge in [0.2, 0.25) is 5.91 Å². The number of halogens is 3. The molecule has 3 rings (SSSR count). The molecule has 0 unspecified atom stereocenters. The zero-order valence-electron chi connectivity index (χ0n) is 15.2. The van der Waals surface area contributed by atoms with Gasteiger partial charge in [0, 0.05) is 10.2 Å². The molecule has 0 bridgehead atoms. The van der Waals surface area contributed by atoms with Crippen LogP contribution in [0.5, 0.6) is 11.5 Å². The maximum absolute atomic E-state index is 12.6. The van der Waals surface area contributed by atoms with Crippen molar-refractivity contribution in [1.82, 2.24) is 4.90 Å². The standard InChI is InChI=1S/C19H13BrCl2N2O5S/c1-29-14-5-9(4-13(22)17(14)26)6-15-18(27)24(19(28)30-15)8-16(25)23-10-2-3-11(20)12(21)7-10/h2-7,26H,8H2,1H3,(H,23,25)/b15-6-. The molecule has 1 aliphatic rings. The second-order valence-electron chi connectivity index (χ2n) is 6.00. The molecule has 1 saturated heterocycles. The van der Waals surface area contributed by atoms with Crippen molar-refractivity contribution in [2.75, 3.05) is 19.0 Å². The van der Waals surface area contributed by atoms with Gasteiger partial charge in [0.25, 0.3) is 11.1 Å². The summed E-state index contributed by atoms with van der Waals surface area (Å²) in [7, 11) is 1.36. The van der Waals surface area contributed by atoms with Crippen molar-refractivity contribution in [2.24, 2.45) is 0 Å². The Labute approximate surface area is 194 Å². The van der Waals surface area contributed by atoms with Crippen molar-refractivity contribution in [3.05, 3.63) is 55.3 Å². The van der Waals surface area contributed by atoms with Crippen molar-refractivity contribution in [2.45, 2.75) is 0 Å². The van der Waals surface area contributed by atoms with Crippen LogP contribution in [0.4, 0.5) is 10.5 Å². The van der Waals surface area contributed by atoms with Gasteiger partial charge in [-0.25, -0.2) is 0 Å². The summed E-state index contributed by atoms with van der Waals surface area (Å²) in [6, 6.07) is 7.73. The zero-order chi connectivity index (χ0) is 22.0. The monoisotopic (exact) mass is 530 g/mol. The summed E-state index contributed by atoms with van der Waals surface area (Å²) in [6.45, 7) is -0.449. The lowest BCUT2D eigenvalue weighted by atomic mass is 10.2. The molecule has 11 heteroatoms. The lowest BCUT2D eigenvalue weighted by molar-refractivity contribution is -0.127. The molecule has 0 spiro atoms. The SMILES string of the molecule is COc1cc(/C=C2\SC(=O)N(CC(=O)Nc3ccc(Br)c(Cl)c3)C2=O)cc(Cl)c1O. The van der Waals surface area contributed by atoms with Crippen LogP contribution in [-0.2, 0) is 9.59 Å². The van der Waals surface area contributed by atoms with Gasteiger partial charge in [-0.1, -0.05) is 23.2 Å². The second-order valence-corrected chi connectivity index (χ2v) is 8.66. The topological polar surface area (TPSA) is 95.9 Å². The molecule has 3 amide bonds. The molecule has 1 heterocycles. The van der Waals surface area contributed by atoms with Gasteiger partial charge >= 0.3 is 0 Å². The third-order valence-electron chi connectivity index (χ3n) is 3.95. The Balaban J connectivity index is 1.74. The van der Waals surface area contributed by atoms with Crippen LogP contribution in [0.15, 0.2) is 39.7 Å². The van der Waals surface area contributed by atoms with E-state index in [0.29, 0.717) is 32.5 Å². The van der Waals surface area contributed by atoms with Gasteiger partial charge < -0.3 is 15.2 Å². The number of hydrogen-bond acceptors (Lipinski definition) is 6. The van der Waals surface area contributed by atoms with E-state index in [9.17, 15) is 19.5 Å². The average molecular weight is 532 g/mol. The predicted octanol–water partition coefficient (Wildman–Crippen LogP) is 5.15. The van der Waals surface area contributed by atoms with Crippen LogP contribution in [-0.4, -0.2) is 40.7 Å². The van der Waals surface area contributed by atoms with Crippen LogP contribution in [0.25, 0.3) is 6.08 Å². The predicted molar refractivity (Wildman–Crippen MR) is 120 cm³/mol. The van der Waals surface area contributed by atoms with E-state index in [0.717, 1.165) is 4.90 Å². The van der Waals surface area contributed by atoms with Gasteiger partial charge in [-0.15, -0.1) is 0 Å². The lowest BCUT2D eigenvalue weighted by Crippen LogP contribution is -2.36. The molecular weight excluding hydrogens is 519 g/mol. The van der Waals surface area contributed by atoms with E-state index in [-0.39, 0.29) is 21.4 Å². The number of anilines is 1. The molecule has 0 radical (unpaired) electrons. The first-order valence-corrected chi connectivity index (χ1v) is 10.6. The average Bonchev–Trinajstić information content (AvgIpc) is 2.94. The van der Waals surface area contributed by atoms with Gasteiger partial charge in [-0.2, -0.15) is 0 Å². The van der Waals surface area contributed by atoms with E-state index in [1.807, 2.05) is 0 Å². The van der Waals surface area contributed by atoms with Crippen molar-refractivity contribution in [3.63, 3.8) is 0 Å². The number of rotatable bonds is 5. The second kappa shape index (κ2) is 9.30. The first kappa shape index (κ1) is 22.5. The lowest BCUT2D eigenvalue weighted by Gasteiger charge is -2.12. The summed E-state index contributed by atoms with van der Waals surface area (Å²) in [5.41, 5.74) is 0.885. The third kappa shape index (κ3) is 4.92. The van der Waals surface area contributed by atoms with Crippen LogP contribution in [0.3, 0.4) is 0 Å². The molecule has 0 aromatic heterocycles. The minimum atomic E-state index is -0.614. The number of carbonyl (C=O) groups is 3. The Bertz CT molecular complexity index is 1090. The molecule has 1 aliphatic heterocycles. The van der Waals surface area contributed by atoms with Crippen molar-refractivity contribution in [3.8, 4) is 11.5 Å². The number of nitrogens with zero attached hydrogens (tertiary/aromatic N) is 1. The van der Waals surface area contributed by atoms with E-state index in [1.165, 1.54) is 25.3 Å². The van der Waals surface area contributed by atoms with Gasteiger partial charge in [-0.3, -0.25) is 19.3 Å². The number of nitrogens with one attached hydrogen (secondary N) is 1. The Morgan fingerprint density at radius 2 is 2.00 bits per heavy atom. The van der Waals surface area contributed by atoms with Crippen LogP contribution in [0.2, 0.25) is 10.0 Å². The van der Waals surface area contributed by atoms with E-state index < -0.39 is 23.6 Å². The number of phenols is 1. The molecule has 30 heavy (non-hydrogen) atoms. The fraction of sp³-hybridized carbons (Fsp3) is 0.105. The highest BCUT2D eigenvalue weighted by Gasteiger charge is 2.36. The molecule has 7 nitrogen and oxygen atoms in total. The fourth-order valence-corrected chi connectivity index (χ4v) is 4.02. The largest absolute Gasteiger partial charge is 0.503 e. The quantitative estimate of drug-likeness (QED) is 0.518. The highest BCUT2D eigenvalue weighted by molar-refractivity contribution is 9.10. The van der Waals surface area contributed by atoms with E-state index in [4.69, 9.17) is 27.9 Å². The number of benzene rings is 2. The summed E-state index contributed by atoms with van der Waals surface area (Å²) in [5.74, 6) is -1.27. The van der Waals surface area contributed by atoms with E-state index in [2.05, 4.69) is 21.2 Å². The number of aromatic hydroxyl groups is 1. The Morgan fingerprint density at radius 1 is 1.27 bits per heavy atom. The highest BCUT2D eigenvalue weighted by atomic mass is 79.9. The van der Waals surface area contributed by atoms with Gasteiger partial charge in [0.15, 0.2) is 11.5 Å². The summed E-state index contributed by atoms with van der Waals surface area (Å²) >= 11 is 15.9. The fourth-order valence-electron chi connectivity index (χ4n) is 2.54. The smallest absolute Gasteiger partial charge is 0.294 e. The number of carbonyl (C=O) groups excluding carboxylic acids is 3. The van der Waals surface area contributed by atoms with Crippen LogP contribution in [0.1, 0.15) is 5.56 Å². The summed E-state index contributed by atoms with van der Waals surface area (Å²) in [5, 5.41) is 12.3. The summed E-state index contributed by atoms with van der Waals surface area (Å²) in [6.07, 6.45) is 1.44. The molecule has 2 N–H and O–H groups in total. The molecule has 0 aliphatic carbocycles. The number of thioether (sulfide) groups is 1. The van der Waals surface area contributed by atoms with E-state index in [1.54, 1.807) is 18.2 Å². The van der Waals surface area contributed by atoms with Crippen LogP contribution < -0.4 is 10.1 Å². The molecule has 0 atom stereocenters. The van der Waals surface area contributed by atoms with Crippen LogP contribution >= 0.6 is 50.9 Å². The zero-order valence-corrected chi connectivity index (χ0v) is 19.2. The van der Waals surface area contributed by atoms with Gasteiger partial charge in [0.05, 0.1) is 22.1 Å². The molecule has 0 saturated carbocycles. The maximum Gasteiger partial charge on any atom is 0.294 e. The number of phenolic OH excluding ortho intramolecular Hbond substituents is 1. The minimum Gasteiger partial charge on any atom is -0.503 e. The first-order valence-electron chi connectivity index (χ1n) is 8.26. The summed E-state index contributed by atoms with van der Waals surface area (Å²) < 4.78 is 5.70. The molecule has 2 aromatic rings.